The Morgan fingerprint density at radius 2 is 2.14 bits per heavy atom. The molecule has 0 saturated carbocycles. The summed E-state index contributed by atoms with van der Waals surface area (Å²) in [5.41, 5.74) is 2.53. The number of aliphatic imine (C=N–C) groups is 1. The third-order valence-electron chi connectivity index (χ3n) is 4.90. The maximum absolute atomic E-state index is 6.04. The number of benzene rings is 1. The Morgan fingerprint density at radius 1 is 1.39 bits per heavy atom. The van der Waals surface area contributed by atoms with Gasteiger partial charge in [0.1, 0.15) is 6.10 Å². The van der Waals surface area contributed by atoms with Gasteiger partial charge in [-0.25, -0.2) is 0 Å². The van der Waals surface area contributed by atoms with E-state index in [-0.39, 0.29) is 36.2 Å². The summed E-state index contributed by atoms with van der Waals surface area (Å²) in [6, 6.07) is 8.45. The van der Waals surface area contributed by atoms with Gasteiger partial charge in [-0.15, -0.1) is 24.0 Å². The molecule has 0 aliphatic carbocycles. The summed E-state index contributed by atoms with van der Waals surface area (Å²) in [5, 5.41) is 3.51. The first-order valence-electron chi connectivity index (χ1n) is 9.94. The predicted molar refractivity (Wildman–Crippen MR) is 127 cm³/mol. The van der Waals surface area contributed by atoms with Gasteiger partial charge in [0, 0.05) is 33.3 Å². The minimum atomic E-state index is 0. The van der Waals surface area contributed by atoms with Gasteiger partial charge < -0.3 is 24.6 Å². The zero-order chi connectivity index (χ0) is 19.6. The molecular formula is C21H37IN4O2. The summed E-state index contributed by atoms with van der Waals surface area (Å²) in [5.74, 6) is 0.923. The van der Waals surface area contributed by atoms with E-state index in [1.54, 1.807) is 0 Å². The summed E-state index contributed by atoms with van der Waals surface area (Å²) in [7, 11) is 6.03. The van der Waals surface area contributed by atoms with Crippen LogP contribution in [0.2, 0.25) is 0 Å². The van der Waals surface area contributed by atoms with E-state index >= 15 is 0 Å². The van der Waals surface area contributed by atoms with E-state index in [4.69, 9.17) is 9.47 Å². The molecule has 0 aromatic heterocycles. The molecule has 1 aliphatic rings. The van der Waals surface area contributed by atoms with Crippen molar-refractivity contribution in [3.05, 3.63) is 35.4 Å². The lowest BCUT2D eigenvalue weighted by Gasteiger charge is -2.36. The van der Waals surface area contributed by atoms with E-state index in [0.717, 1.165) is 45.2 Å². The van der Waals surface area contributed by atoms with Crippen molar-refractivity contribution in [2.24, 2.45) is 4.99 Å². The zero-order valence-corrected chi connectivity index (χ0v) is 20.3. The Hall–Kier alpha value is -0.900. The van der Waals surface area contributed by atoms with Crippen LogP contribution in [0.25, 0.3) is 0 Å². The van der Waals surface area contributed by atoms with Crippen molar-refractivity contribution >= 4 is 29.9 Å². The molecule has 1 aromatic rings. The quantitative estimate of drug-likeness (QED) is 0.335. The van der Waals surface area contributed by atoms with Gasteiger partial charge in [0.2, 0.25) is 0 Å². The molecule has 1 aromatic carbocycles. The van der Waals surface area contributed by atoms with Gasteiger partial charge in [-0.3, -0.25) is 4.99 Å². The largest absolute Gasteiger partial charge is 0.377 e. The van der Waals surface area contributed by atoms with Crippen LogP contribution in [0.5, 0.6) is 0 Å². The number of hydrogen-bond acceptors (Lipinski definition) is 4. The molecule has 1 heterocycles. The topological polar surface area (TPSA) is 49.3 Å². The van der Waals surface area contributed by atoms with E-state index in [2.05, 4.69) is 65.4 Å². The van der Waals surface area contributed by atoms with Crippen LogP contribution in [-0.4, -0.2) is 82.4 Å². The molecule has 1 fully saturated rings. The number of ether oxygens (including phenoxy) is 2. The van der Waals surface area contributed by atoms with Crippen molar-refractivity contribution in [1.82, 2.24) is 15.1 Å². The maximum Gasteiger partial charge on any atom is 0.193 e. The Kier molecular flexibility index (Phi) is 12.0. The minimum Gasteiger partial charge on any atom is -0.377 e. The normalized spacial score (nSPS) is 18.7. The molecule has 7 heteroatoms. The molecule has 0 radical (unpaired) electrons. The van der Waals surface area contributed by atoms with Crippen molar-refractivity contribution in [3.8, 4) is 0 Å². The van der Waals surface area contributed by atoms with Crippen LogP contribution in [0.1, 0.15) is 30.6 Å². The van der Waals surface area contributed by atoms with Crippen molar-refractivity contribution < 1.29 is 9.47 Å². The van der Waals surface area contributed by atoms with Crippen molar-refractivity contribution in [3.63, 3.8) is 0 Å². The zero-order valence-electron chi connectivity index (χ0n) is 18.0. The second-order valence-corrected chi connectivity index (χ2v) is 7.26. The first-order chi connectivity index (χ1) is 13.0. The Labute approximate surface area is 187 Å². The minimum absolute atomic E-state index is 0. The smallest absolute Gasteiger partial charge is 0.193 e. The van der Waals surface area contributed by atoms with E-state index in [1.165, 1.54) is 11.1 Å². The lowest BCUT2D eigenvalue weighted by Crippen LogP contribution is -2.50. The second kappa shape index (κ2) is 13.3. The fourth-order valence-electron chi connectivity index (χ4n) is 3.40. The molecule has 1 saturated heterocycles. The average molecular weight is 504 g/mol. The van der Waals surface area contributed by atoms with Gasteiger partial charge in [0.25, 0.3) is 0 Å². The number of guanidine groups is 1. The number of hydrogen-bond donors (Lipinski definition) is 1. The van der Waals surface area contributed by atoms with Crippen LogP contribution in [0, 0.1) is 6.92 Å². The Bertz CT molecular complexity index is 598. The summed E-state index contributed by atoms with van der Waals surface area (Å²) in [6.45, 7) is 9.05. The molecule has 2 atom stereocenters. The van der Waals surface area contributed by atoms with E-state index in [9.17, 15) is 0 Å². The monoisotopic (exact) mass is 504 g/mol. The van der Waals surface area contributed by atoms with Gasteiger partial charge in [-0.1, -0.05) is 24.3 Å². The van der Waals surface area contributed by atoms with Crippen molar-refractivity contribution in [1.29, 1.82) is 0 Å². The average Bonchev–Trinajstić information content (AvgIpc) is 2.67. The fourth-order valence-corrected chi connectivity index (χ4v) is 3.40. The molecule has 0 amide bonds. The van der Waals surface area contributed by atoms with E-state index in [0.29, 0.717) is 6.61 Å². The third kappa shape index (κ3) is 7.85. The van der Waals surface area contributed by atoms with Crippen LogP contribution in [0.4, 0.5) is 0 Å². The van der Waals surface area contributed by atoms with Gasteiger partial charge in [0.05, 0.1) is 19.3 Å². The summed E-state index contributed by atoms with van der Waals surface area (Å²) in [4.78, 5) is 8.98. The maximum atomic E-state index is 6.04. The molecule has 160 valence electrons. The SMILES string of the molecule is CCOC(CCN(C)C)CNC(=NC)N1CCOC(c2ccccc2C)C1.I. The molecule has 1 N–H and O–H groups in total. The molecule has 2 rings (SSSR count). The first-order valence-corrected chi connectivity index (χ1v) is 9.94. The highest BCUT2D eigenvalue weighted by molar-refractivity contribution is 14.0. The van der Waals surface area contributed by atoms with Crippen molar-refractivity contribution in [2.75, 3.05) is 60.5 Å². The number of morpholine rings is 1. The lowest BCUT2D eigenvalue weighted by molar-refractivity contribution is -0.00884. The Balaban J connectivity index is 0.00000392. The number of nitrogens with one attached hydrogen (secondary N) is 1. The van der Waals surface area contributed by atoms with Crippen LogP contribution >= 0.6 is 24.0 Å². The number of aryl methyl sites for hydroxylation is 1. The number of halogens is 1. The Morgan fingerprint density at radius 3 is 2.79 bits per heavy atom. The molecule has 2 unspecified atom stereocenters. The summed E-state index contributed by atoms with van der Waals surface area (Å²) < 4.78 is 11.9. The van der Waals surface area contributed by atoms with E-state index in [1.807, 2.05) is 14.0 Å². The molecule has 6 nitrogen and oxygen atoms in total. The molecule has 28 heavy (non-hydrogen) atoms. The molecule has 0 bridgehead atoms. The van der Waals surface area contributed by atoms with Crippen LogP contribution in [0.15, 0.2) is 29.3 Å². The van der Waals surface area contributed by atoms with Crippen LogP contribution < -0.4 is 5.32 Å². The van der Waals surface area contributed by atoms with Gasteiger partial charge in [0.15, 0.2) is 5.96 Å². The highest BCUT2D eigenvalue weighted by atomic mass is 127. The van der Waals surface area contributed by atoms with Gasteiger partial charge >= 0.3 is 0 Å². The van der Waals surface area contributed by atoms with E-state index < -0.39 is 0 Å². The summed E-state index contributed by atoms with van der Waals surface area (Å²) in [6.07, 6.45) is 1.26. The van der Waals surface area contributed by atoms with Crippen molar-refractivity contribution in [2.45, 2.75) is 32.5 Å². The number of nitrogens with zero attached hydrogens (tertiary/aromatic N) is 3. The third-order valence-corrected chi connectivity index (χ3v) is 4.90. The predicted octanol–water partition coefficient (Wildman–Crippen LogP) is 2.92. The molecular weight excluding hydrogens is 467 g/mol. The standard InChI is InChI=1S/C21H36N4O2.HI/c1-6-26-18(11-12-24(4)5)15-23-21(22-3)25-13-14-27-20(16-25)19-10-8-7-9-17(19)2;/h7-10,18,20H,6,11-16H2,1-5H3,(H,22,23);1H. The fraction of sp³-hybridized carbons (Fsp3) is 0.667. The number of rotatable bonds is 8. The summed E-state index contributed by atoms with van der Waals surface area (Å²) >= 11 is 0. The molecule has 1 aliphatic heterocycles. The van der Waals surface area contributed by atoms with Crippen LogP contribution in [-0.2, 0) is 9.47 Å². The lowest BCUT2D eigenvalue weighted by atomic mass is 10.0. The first kappa shape index (κ1) is 25.1. The second-order valence-electron chi connectivity index (χ2n) is 7.26. The van der Waals surface area contributed by atoms with Gasteiger partial charge in [-0.05, 0) is 45.5 Å². The molecule has 0 spiro atoms. The highest BCUT2D eigenvalue weighted by Crippen LogP contribution is 2.24. The van der Waals surface area contributed by atoms with Gasteiger partial charge in [-0.2, -0.15) is 0 Å². The highest BCUT2D eigenvalue weighted by Gasteiger charge is 2.25. The van der Waals surface area contributed by atoms with Crippen LogP contribution in [0.3, 0.4) is 0 Å².